The molecule has 0 spiro atoms. The minimum absolute atomic E-state index is 0.195. The summed E-state index contributed by atoms with van der Waals surface area (Å²) < 4.78 is 30.5. The molecule has 0 aliphatic heterocycles. The van der Waals surface area contributed by atoms with Crippen LogP contribution in [0.2, 0.25) is 0 Å². The SMILES string of the molecule is CCN(c1cc(C)cc(C)c1)S(=O)(=O)c1csnc1C(=O)O. The number of carboxylic acid groups (broad SMARTS) is 1. The Morgan fingerprint density at radius 1 is 1.27 bits per heavy atom. The van der Waals surface area contributed by atoms with Crippen molar-refractivity contribution in [1.29, 1.82) is 0 Å². The second-order valence-corrected chi connectivity index (χ2v) is 7.31. The summed E-state index contributed by atoms with van der Waals surface area (Å²) in [6.45, 7) is 5.66. The van der Waals surface area contributed by atoms with E-state index in [0.717, 1.165) is 22.7 Å². The van der Waals surface area contributed by atoms with E-state index in [1.165, 1.54) is 9.69 Å². The number of carboxylic acids is 1. The van der Waals surface area contributed by atoms with Gasteiger partial charge in [0.05, 0.1) is 5.69 Å². The summed E-state index contributed by atoms with van der Waals surface area (Å²) in [5.74, 6) is -1.35. The number of aromatic nitrogens is 1. The van der Waals surface area contributed by atoms with Crippen LogP contribution in [-0.4, -0.2) is 30.4 Å². The van der Waals surface area contributed by atoms with E-state index in [9.17, 15) is 13.2 Å². The van der Waals surface area contributed by atoms with Crippen molar-refractivity contribution in [3.05, 3.63) is 40.4 Å². The number of carbonyl (C=O) groups is 1. The molecule has 6 nitrogen and oxygen atoms in total. The zero-order valence-corrected chi connectivity index (χ0v) is 14.0. The Kier molecular flexibility index (Phi) is 4.52. The summed E-state index contributed by atoms with van der Waals surface area (Å²) in [6, 6.07) is 5.46. The Labute approximate surface area is 133 Å². The first-order chi connectivity index (χ1) is 10.3. The van der Waals surface area contributed by atoms with Gasteiger partial charge in [-0.15, -0.1) is 0 Å². The molecule has 1 heterocycles. The molecule has 0 saturated heterocycles. The molecular formula is C14H16N2O4S2. The Hall–Kier alpha value is -1.93. The largest absolute Gasteiger partial charge is 0.476 e. The molecule has 0 radical (unpaired) electrons. The highest BCUT2D eigenvalue weighted by Crippen LogP contribution is 2.28. The van der Waals surface area contributed by atoms with E-state index in [-0.39, 0.29) is 11.4 Å². The first-order valence-corrected chi connectivity index (χ1v) is 8.83. The van der Waals surface area contributed by atoms with Crippen LogP contribution in [0.3, 0.4) is 0 Å². The predicted molar refractivity (Wildman–Crippen MR) is 85.2 cm³/mol. The Morgan fingerprint density at radius 2 is 1.86 bits per heavy atom. The van der Waals surface area contributed by atoms with Gasteiger partial charge < -0.3 is 5.11 Å². The summed E-state index contributed by atoms with van der Waals surface area (Å²) in [7, 11) is -3.97. The molecule has 0 unspecified atom stereocenters. The van der Waals surface area contributed by atoms with Crippen molar-refractivity contribution < 1.29 is 18.3 Å². The number of hydrogen-bond acceptors (Lipinski definition) is 5. The summed E-state index contributed by atoms with van der Waals surface area (Å²) in [5, 5.41) is 10.3. The highest BCUT2D eigenvalue weighted by molar-refractivity contribution is 7.93. The van der Waals surface area contributed by atoms with E-state index in [0.29, 0.717) is 5.69 Å². The highest BCUT2D eigenvalue weighted by atomic mass is 32.2. The first-order valence-electron chi connectivity index (χ1n) is 6.56. The van der Waals surface area contributed by atoms with Gasteiger partial charge in [-0.1, -0.05) is 6.07 Å². The molecule has 1 aromatic carbocycles. The van der Waals surface area contributed by atoms with E-state index >= 15 is 0 Å². The molecule has 1 N–H and O–H groups in total. The lowest BCUT2D eigenvalue weighted by molar-refractivity contribution is 0.0687. The Bertz CT molecular complexity index is 792. The van der Waals surface area contributed by atoms with Crippen LogP contribution >= 0.6 is 11.5 Å². The van der Waals surface area contributed by atoms with Gasteiger partial charge in [0, 0.05) is 11.9 Å². The molecular weight excluding hydrogens is 324 g/mol. The van der Waals surface area contributed by atoms with Crippen molar-refractivity contribution in [3.8, 4) is 0 Å². The van der Waals surface area contributed by atoms with E-state index in [4.69, 9.17) is 5.11 Å². The van der Waals surface area contributed by atoms with E-state index < -0.39 is 21.7 Å². The molecule has 0 bridgehead atoms. The van der Waals surface area contributed by atoms with Crippen LogP contribution in [0.5, 0.6) is 0 Å². The van der Waals surface area contributed by atoms with Crippen LogP contribution < -0.4 is 4.31 Å². The molecule has 2 aromatic rings. The minimum Gasteiger partial charge on any atom is -0.476 e. The predicted octanol–water partition coefficient (Wildman–Crippen LogP) is 2.67. The molecule has 0 saturated carbocycles. The van der Waals surface area contributed by atoms with Crippen LogP contribution in [0.4, 0.5) is 5.69 Å². The Balaban J connectivity index is 2.58. The van der Waals surface area contributed by atoms with Gasteiger partial charge in [0.25, 0.3) is 10.0 Å². The van der Waals surface area contributed by atoms with Crippen LogP contribution in [0.1, 0.15) is 28.5 Å². The lowest BCUT2D eigenvalue weighted by Gasteiger charge is -2.23. The number of rotatable bonds is 5. The van der Waals surface area contributed by atoms with Gasteiger partial charge in [0.15, 0.2) is 5.69 Å². The molecule has 0 aliphatic carbocycles. The fourth-order valence-corrected chi connectivity index (χ4v) is 4.81. The number of aryl methyl sites for hydroxylation is 2. The highest BCUT2D eigenvalue weighted by Gasteiger charge is 2.30. The smallest absolute Gasteiger partial charge is 0.357 e. The zero-order valence-electron chi connectivity index (χ0n) is 12.4. The van der Waals surface area contributed by atoms with Crippen LogP contribution in [0.15, 0.2) is 28.5 Å². The number of anilines is 1. The average Bonchev–Trinajstić information content (AvgIpc) is 2.87. The van der Waals surface area contributed by atoms with Crippen molar-refractivity contribution in [2.45, 2.75) is 25.7 Å². The lowest BCUT2D eigenvalue weighted by atomic mass is 10.1. The molecule has 22 heavy (non-hydrogen) atoms. The monoisotopic (exact) mass is 340 g/mol. The van der Waals surface area contributed by atoms with E-state index in [2.05, 4.69) is 4.37 Å². The standard InChI is InChI=1S/C14H16N2O4S2/c1-4-16(11-6-9(2)5-10(3)7-11)22(19,20)12-8-21-15-13(12)14(17)18/h5-8H,4H2,1-3H3,(H,17,18). The summed E-state index contributed by atoms with van der Waals surface area (Å²) >= 11 is 0.814. The molecule has 2 rings (SSSR count). The van der Waals surface area contributed by atoms with Crippen molar-refractivity contribution >= 4 is 33.2 Å². The molecule has 1 aromatic heterocycles. The van der Waals surface area contributed by atoms with E-state index in [1.807, 2.05) is 19.9 Å². The third kappa shape index (κ3) is 2.97. The maximum atomic E-state index is 12.8. The molecule has 0 amide bonds. The number of sulfonamides is 1. The van der Waals surface area contributed by atoms with Gasteiger partial charge in [-0.2, -0.15) is 4.37 Å². The number of benzene rings is 1. The summed E-state index contributed by atoms with van der Waals surface area (Å²) in [5.41, 5.74) is 1.95. The third-order valence-corrected chi connectivity index (χ3v) is 5.78. The number of nitrogens with zero attached hydrogens (tertiary/aromatic N) is 2. The number of hydrogen-bond donors (Lipinski definition) is 1. The fraction of sp³-hybridized carbons (Fsp3) is 0.286. The normalized spacial score (nSPS) is 11.4. The molecule has 0 aliphatic rings. The third-order valence-electron chi connectivity index (χ3n) is 3.09. The number of aromatic carboxylic acids is 1. The summed E-state index contributed by atoms with van der Waals surface area (Å²) in [4.78, 5) is 10.9. The van der Waals surface area contributed by atoms with Crippen LogP contribution in [0, 0.1) is 13.8 Å². The average molecular weight is 340 g/mol. The van der Waals surface area contributed by atoms with Gasteiger partial charge in [-0.25, -0.2) is 13.2 Å². The van der Waals surface area contributed by atoms with Crippen molar-refractivity contribution in [1.82, 2.24) is 4.37 Å². The van der Waals surface area contributed by atoms with Crippen LogP contribution in [-0.2, 0) is 10.0 Å². The van der Waals surface area contributed by atoms with Crippen LogP contribution in [0.25, 0.3) is 0 Å². The minimum atomic E-state index is -3.97. The zero-order chi connectivity index (χ0) is 16.5. The molecule has 118 valence electrons. The molecule has 8 heteroatoms. The second kappa shape index (κ2) is 6.05. The second-order valence-electron chi connectivity index (χ2n) is 4.85. The summed E-state index contributed by atoms with van der Waals surface area (Å²) in [6.07, 6.45) is 0. The van der Waals surface area contributed by atoms with Gasteiger partial charge in [0.1, 0.15) is 4.90 Å². The molecule has 0 fully saturated rings. The van der Waals surface area contributed by atoms with Crippen molar-refractivity contribution in [2.75, 3.05) is 10.8 Å². The van der Waals surface area contributed by atoms with Gasteiger partial charge in [-0.3, -0.25) is 4.31 Å². The van der Waals surface area contributed by atoms with Gasteiger partial charge in [0.2, 0.25) is 0 Å². The van der Waals surface area contributed by atoms with Gasteiger partial charge in [-0.05, 0) is 55.6 Å². The first kappa shape index (κ1) is 16.4. The van der Waals surface area contributed by atoms with Crippen molar-refractivity contribution in [3.63, 3.8) is 0 Å². The van der Waals surface area contributed by atoms with E-state index in [1.54, 1.807) is 19.1 Å². The Morgan fingerprint density at radius 3 is 2.36 bits per heavy atom. The maximum Gasteiger partial charge on any atom is 0.357 e. The maximum absolute atomic E-state index is 12.8. The van der Waals surface area contributed by atoms with Crippen molar-refractivity contribution in [2.24, 2.45) is 0 Å². The fourth-order valence-electron chi connectivity index (χ4n) is 2.26. The quantitative estimate of drug-likeness (QED) is 0.904. The topological polar surface area (TPSA) is 87.6 Å². The van der Waals surface area contributed by atoms with Gasteiger partial charge >= 0.3 is 5.97 Å². The lowest BCUT2D eigenvalue weighted by Crippen LogP contribution is -2.31. The molecule has 0 atom stereocenters.